The quantitative estimate of drug-likeness (QED) is 0.325. The van der Waals surface area contributed by atoms with Crippen LogP contribution in [-0.4, -0.2) is 51.7 Å². The van der Waals surface area contributed by atoms with Gasteiger partial charge in [-0.25, -0.2) is 4.39 Å². The number of likely N-dealkylation sites (tertiary alicyclic amines) is 1. The fourth-order valence-electron chi connectivity index (χ4n) is 6.61. The van der Waals surface area contributed by atoms with E-state index < -0.39 is 40.8 Å². The van der Waals surface area contributed by atoms with Crippen molar-refractivity contribution in [2.75, 3.05) is 13.1 Å². The van der Waals surface area contributed by atoms with Crippen molar-refractivity contribution in [3.05, 3.63) is 76.7 Å². The van der Waals surface area contributed by atoms with Crippen LogP contribution in [0.3, 0.4) is 0 Å². The van der Waals surface area contributed by atoms with Crippen molar-refractivity contribution in [2.24, 2.45) is 0 Å². The third kappa shape index (κ3) is 5.01. The van der Waals surface area contributed by atoms with E-state index in [0.29, 0.717) is 48.1 Å². The van der Waals surface area contributed by atoms with E-state index in [9.17, 15) is 27.9 Å². The number of carbonyl (C=O) groups is 2. The van der Waals surface area contributed by atoms with Crippen LogP contribution in [0, 0.1) is 5.82 Å². The number of nitrogens with zero attached hydrogens (tertiary/aromatic N) is 2. The number of aromatic nitrogens is 1. The van der Waals surface area contributed by atoms with Crippen molar-refractivity contribution >= 4 is 22.7 Å². The lowest BCUT2D eigenvalue weighted by molar-refractivity contribution is -0.160. The molecular weight excluding hydrogens is 538 g/mol. The monoisotopic (exact) mass is 569 g/mol. The van der Waals surface area contributed by atoms with E-state index in [1.54, 1.807) is 49.4 Å². The first-order valence-electron chi connectivity index (χ1n) is 13.9. The van der Waals surface area contributed by atoms with Gasteiger partial charge in [0.15, 0.2) is 0 Å². The lowest BCUT2D eigenvalue weighted by atomic mass is 9.77. The maximum absolute atomic E-state index is 16.0. The summed E-state index contributed by atoms with van der Waals surface area (Å²) in [7, 11) is 0. The van der Waals surface area contributed by atoms with E-state index in [4.69, 9.17) is 0 Å². The van der Waals surface area contributed by atoms with E-state index in [2.05, 4.69) is 10.3 Å². The second-order valence-corrected chi connectivity index (χ2v) is 12.0. The third-order valence-corrected chi connectivity index (χ3v) is 9.10. The molecule has 2 saturated heterocycles. The van der Waals surface area contributed by atoms with Crippen molar-refractivity contribution in [3.63, 3.8) is 0 Å². The molecule has 1 aromatic heterocycles. The number of piperidine rings is 2. The Morgan fingerprint density at radius 3 is 2.46 bits per heavy atom. The maximum Gasteiger partial charge on any atom is 0.398 e. The molecule has 3 fully saturated rings. The van der Waals surface area contributed by atoms with Crippen LogP contribution < -0.4 is 5.32 Å². The second kappa shape index (κ2) is 9.87. The average Bonchev–Trinajstić information content (AvgIpc) is 3.72. The Kier molecular flexibility index (Phi) is 6.69. The molecule has 0 spiro atoms. The summed E-state index contributed by atoms with van der Waals surface area (Å²) in [6.45, 7) is 2.97. The molecule has 1 aliphatic carbocycles. The number of hydrogen-bond donors (Lipinski definition) is 2. The fourth-order valence-corrected chi connectivity index (χ4v) is 6.61. The highest BCUT2D eigenvalue weighted by molar-refractivity contribution is 6.01. The van der Waals surface area contributed by atoms with Gasteiger partial charge in [0.1, 0.15) is 5.82 Å². The topological polar surface area (TPSA) is 82.5 Å². The van der Waals surface area contributed by atoms with E-state index in [-0.39, 0.29) is 37.1 Å². The first-order valence-corrected chi connectivity index (χ1v) is 13.9. The molecule has 0 bridgehead atoms. The molecule has 3 unspecified atom stereocenters. The molecule has 2 N–H and O–H groups in total. The third-order valence-electron chi connectivity index (χ3n) is 9.10. The number of β-amino-alcohol motifs (C(OH)–C–C–N with tert-alkyl or cyclic N) is 1. The number of alkyl halides is 3. The molecule has 1 saturated carbocycles. The normalized spacial score (nSPS) is 26.7. The Balaban J connectivity index is 1.18. The van der Waals surface area contributed by atoms with Gasteiger partial charge >= 0.3 is 6.18 Å². The Labute approximate surface area is 234 Å². The predicted molar refractivity (Wildman–Crippen MR) is 143 cm³/mol. The Morgan fingerprint density at radius 2 is 1.83 bits per heavy atom. The van der Waals surface area contributed by atoms with E-state index >= 15 is 4.39 Å². The molecule has 0 radical (unpaired) electrons. The van der Waals surface area contributed by atoms with Crippen molar-refractivity contribution in [1.29, 1.82) is 0 Å². The van der Waals surface area contributed by atoms with Gasteiger partial charge < -0.3 is 5.11 Å². The Bertz CT molecular complexity index is 1520. The average molecular weight is 570 g/mol. The molecule has 3 atom stereocenters. The van der Waals surface area contributed by atoms with E-state index in [1.165, 1.54) is 6.20 Å². The number of nitrogens with one attached hydrogen (secondary N) is 1. The number of carbonyl (C=O) groups excluding carboxylic acids is 2. The number of pyridine rings is 1. The molecule has 6 nitrogen and oxygen atoms in total. The standard InChI is InChI=1S/C31H31F4N3O3/c1-29(41)17-38(16-18-2-4-20(5-3-18)30(11-12-30)31(33,34)35)13-10-24(29)22-6-8-25-23(27(22)32)14-19(15-36-25)21-7-9-26(39)37-28(21)40/h2-6,8,14-15,21,24,41H,7,9-13,16-17H2,1H3,(H,37,39,40). The number of aliphatic hydroxyl groups is 1. The Hall–Kier alpha value is -3.37. The minimum absolute atomic E-state index is 0.117. The summed E-state index contributed by atoms with van der Waals surface area (Å²) >= 11 is 0. The molecule has 2 aromatic carbocycles. The highest BCUT2D eigenvalue weighted by Gasteiger charge is 2.64. The molecule has 3 aromatic rings. The number of rotatable bonds is 5. The first kappa shape index (κ1) is 27.8. The minimum atomic E-state index is -4.25. The minimum Gasteiger partial charge on any atom is -0.388 e. The van der Waals surface area contributed by atoms with Crippen LogP contribution in [0.4, 0.5) is 17.6 Å². The molecule has 10 heteroatoms. The molecule has 216 valence electrons. The zero-order valence-electron chi connectivity index (χ0n) is 22.6. The first-order chi connectivity index (χ1) is 19.4. The molecule has 6 rings (SSSR count). The molecule has 2 amide bonds. The van der Waals surface area contributed by atoms with Crippen LogP contribution in [0.15, 0.2) is 48.7 Å². The summed E-state index contributed by atoms with van der Waals surface area (Å²) in [4.78, 5) is 30.3. The SMILES string of the molecule is CC1(O)CN(Cc2ccc(C3(C(F)(F)F)CC3)cc2)CCC1c1ccc2ncc(C3CCC(=O)NC3=O)cc2c1F. The molecule has 41 heavy (non-hydrogen) atoms. The number of fused-ring (bicyclic) bond motifs is 1. The molecule has 3 heterocycles. The van der Waals surface area contributed by atoms with Crippen molar-refractivity contribution < 1.29 is 32.3 Å². The molecule has 2 aliphatic heterocycles. The van der Waals surface area contributed by atoms with Crippen LogP contribution >= 0.6 is 0 Å². The number of halogens is 4. The van der Waals surface area contributed by atoms with Gasteiger partial charge in [-0.3, -0.25) is 24.8 Å². The van der Waals surface area contributed by atoms with Gasteiger partial charge in [-0.2, -0.15) is 13.2 Å². The van der Waals surface area contributed by atoms with E-state index in [0.717, 1.165) is 5.56 Å². The van der Waals surface area contributed by atoms with Gasteiger partial charge in [0, 0.05) is 37.0 Å². The summed E-state index contributed by atoms with van der Waals surface area (Å²) < 4.78 is 56.4. The number of amides is 2. The van der Waals surface area contributed by atoms with Gasteiger partial charge in [-0.1, -0.05) is 30.3 Å². The van der Waals surface area contributed by atoms with Crippen molar-refractivity contribution in [2.45, 2.75) is 74.6 Å². The van der Waals surface area contributed by atoms with Crippen molar-refractivity contribution in [1.82, 2.24) is 15.2 Å². The van der Waals surface area contributed by atoms with Gasteiger partial charge in [-0.05, 0) is 73.5 Å². The van der Waals surface area contributed by atoms with Gasteiger partial charge in [-0.15, -0.1) is 0 Å². The zero-order valence-corrected chi connectivity index (χ0v) is 22.6. The summed E-state index contributed by atoms with van der Waals surface area (Å²) in [6, 6.07) is 11.5. The fraction of sp³-hybridized carbons (Fsp3) is 0.452. The zero-order chi connectivity index (χ0) is 29.2. The highest BCUT2D eigenvalue weighted by Crippen LogP contribution is 2.58. The number of hydrogen-bond acceptors (Lipinski definition) is 5. The number of imide groups is 1. The summed E-state index contributed by atoms with van der Waals surface area (Å²) in [6.07, 6.45) is -1.47. The van der Waals surface area contributed by atoms with Gasteiger partial charge in [0.05, 0.1) is 22.5 Å². The van der Waals surface area contributed by atoms with Crippen LogP contribution in [0.2, 0.25) is 0 Å². The van der Waals surface area contributed by atoms with E-state index in [1.807, 2.05) is 4.90 Å². The summed E-state index contributed by atoms with van der Waals surface area (Å²) in [5.41, 5.74) is -0.497. The highest BCUT2D eigenvalue weighted by atomic mass is 19.4. The second-order valence-electron chi connectivity index (χ2n) is 12.0. The van der Waals surface area contributed by atoms with Gasteiger partial charge in [0.25, 0.3) is 0 Å². The predicted octanol–water partition coefficient (Wildman–Crippen LogP) is 5.23. The largest absolute Gasteiger partial charge is 0.398 e. The maximum atomic E-state index is 16.0. The molecular formula is C31H31F4N3O3. The van der Waals surface area contributed by atoms with Crippen LogP contribution in [0.25, 0.3) is 10.9 Å². The lowest BCUT2D eigenvalue weighted by Crippen LogP contribution is -2.50. The smallest absolute Gasteiger partial charge is 0.388 e. The lowest BCUT2D eigenvalue weighted by Gasteiger charge is -2.43. The van der Waals surface area contributed by atoms with Crippen LogP contribution in [-0.2, 0) is 21.5 Å². The molecule has 3 aliphatic rings. The van der Waals surface area contributed by atoms with Crippen LogP contribution in [0.1, 0.15) is 73.1 Å². The van der Waals surface area contributed by atoms with Crippen molar-refractivity contribution in [3.8, 4) is 0 Å². The van der Waals surface area contributed by atoms with Crippen LogP contribution in [0.5, 0.6) is 0 Å². The van der Waals surface area contributed by atoms with Gasteiger partial charge in [0.2, 0.25) is 11.8 Å². The summed E-state index contributed by atoms with van der Waals surface area (Å²) in [5.74, 6) is -2.32. The summed E-state index contributed by atoms with van der Waals surface area (Å²) in [5, 5.41) is 14.0. The number of benzene rings is 2. The Morgan fingerprint density at radius 1 is 1.10 bits per heavy atom.